The Kier molecular flexibility index (Phi) is 7.18. The zero-order valence-corrected chi connectivity index (χ0v) is 28.4. The van der Waals surface area contributed by atoms with Gasteiger partial charge in [-0.15, -0.1) is 0 Å². The second kappa shape index (κ2) is 12.5. The van der Waals surface area contributed by atoms with Gasteiger partial charge in [0.1, 0.15) is 11.2 Å². The van der Waals surface area contributed by atoms with Gasteiger partial charge in [0.05, 0.1) is 5.69 Å². The molecule has 0 fully saturated rings. The van der Waals surface area contributed by atoms with Crippen molar-refractivity contribution in [2.75, 3.05) is 4.90 Å². The maximum atomic E-state index is 6.39. The molecule has 0 aliphatic carbocycles. The zero-order valence-electron chi connectivity index (χ0n) is 28.4. The van der Waals surface area contributed by atoms with Gasteiger partial charge in [-0.05, 0) is 104 Å². The fraction of sp³-hybridized carbons (Fsp3) is 0. The Morgan fingerprint density at radius 3 is 1.77 bits per heavy atom. The van der Waals surface area contributed by atoms with E-state index in [-0.39, 0.29) is 0 Å². The quantitative estimate of drug-likeness (QED) is 0.176. The average Bonchev–Trinajstić information content (AvgIpc) is 3.57. The number of nitrogens with zero attached hydrogens (tertiary/aromatic N) is 1. The van der Waals surface area contributed by atoms with E-state index in [0.717, 1.165) is 50.1 Å². The van der Waals surface area contributed by atoms with Crippen LogP contribution in [0.5, 0.6) is 0 Å². The van der Waals surface area contributed by atoms with Crippen molar-refractivity contribution in [1.29, 1.82) is 0 Å². The number of anilines is 3. The highest BCUT2D eigenvalue weighted by molar-refractivity contribution is 6.11. The highest BCUT2D eigenvalue weighted by Crippen LogP contribution is 2.44. The molecule has 0 bridgehead atoms. The first-order chi connectivity index (χ1) is 25.8. The lowest BCUT2D eigenvalue weighted by Gasteiger charge is -2.28. The SMILES string of the molecule is c1ccc(-c2ccc(N(c3cccc(-c4cccc5ccccc45)c3)c3ccccc3-c3ccc4oc5cc6ccccc6cc5c4c3)cc2)cc1. The van der Waals surface area contributed by atoms with Crippen LogP contribution in [0.4, 0.5) is 17.1 Å². The molecule has 0 saturated heterocycles. The molecule has 2 nitrogen and oxygen atoms in total. The molecule has 2 heteroatoms. The second-order valence-electron chi connectivity index (χ2n) is 13.4. The molecule has 0 N–H and O–H groups in total. The predicted molar refractivity (Wildman–Crippen MR) is 220 cm³/mol. The highest BCUT2D eigenvalue weighted by Gasteiger charge is 2.19. The van der Waals surface area contributed by atoms with Crippen molar-refractivity contribution in [3.8, 4) is 33.4 Å². The molecule has 0 radical (unpaired) electrons. The maximum Gasteiger partial charge on any atom is 0.136 e. The third kappa shape index (κ3) is 5.21. The summed E-state index contributed by atoms with van der Waals surface area (Å²) >= 11 is 0. The summed E-state index contributed by atoms with van der Waals surface area (Å²) in [6.45, 7) is 0. The summed E-state index contributed by atoms with van der Waals surface area (Å²) in [6.07, 6.45) is 0. The van der Waals surface area contributed by atoms with Gasteiger partial charge < -0.3 is 9.32 Å². The Morgan fingerprint density at radius 2 is 0.904 bits per heavy atom. The fourth-order valence-corrected chi connectivity index (χ4v) is 7.69. The molecule has 1 aromatic heterocycles. The number of furan rings is 1. The molecule has 52 heavy (non-hydrogen) atoms. The van der Waals surface area contributed by atoms with E-state index in [9.17, 15) is 0 Å². The standard InChI is InChI=1S/C50H33NO/c1-2-12-34(13-3-1)35-24-27-41(28-25-35)51(42-19-10-18-39(30-42)44-22-11-17-36-14-6-7-20-43(36)44)48-23-9-8-21-45(48)40-26-29-49-46(32-40)47-31-37-15-4-5-16-38(37)33-50(47)52-49/h1-33H. The summed E-state index contributed by atoms with van der Waals surface area (Å²) in [5.74, 6) is 0. The number of fused-ring (bicyclic) bond motifs is 5. The zero-order chi connectivity index (χ0) is 34.4. The van der Waals surface area contributed by atoms with E-state index in [0.29, 0.717) is 0 Å². The van der Waals surface area contributed by atoms with E-state index in [1.807, 2.05) is 0 Å². The van der Waals surface area contributed by atoms with Crippen LogP contribution in [0.15, 0.2) is 205 Å². The fourth-order valence-electron chi connectivity index (χ4n) is 7.69. The van der Waals surface area contributed by atoms with Crippen molar-refractivity contribution >= 4 is 60.5 Å². The lowest BCUT2D eigenvalue weighted by Crippen LogP contribution is -2.11. The van der Waals surface area contributed by atoms with Gasteiger partial charge in [-0.1, -0.05) is 146 Å². The summed E-state index contributed by atoms with van der Waals surface area (Å²) in [5, 5.41) is 7.11. The van der Waals surface area contributed by atoms with Crippen LogP contribution in [0.25, 0.3) is 76.9 Å². The molecule has 244 valence electrons. The van der Waals surface area contributed by atoms with Gasteiger partial charge >= 0.3 is 0 Å². The lowest BCUT2D eigenvalue weighted by atomic mass is 9.96. The molecule has 0 atom stereocenters. The Bertz CT molecular complexity index is 2900. The largest absolute Gasteiger partial charge is 0.456 e. The van der Waals surface area contributed by atoms with Gasteiger partial charge in [0, 0.05) is 27.7 Å². The van der Waals surface area contributed by atoms with Crippen molar-refractivity contribution in [2.24, 2.45) is 0 Å². The molecule has 1 heterocycles. The van der Waals surface area contributed by atoms with Crippen LogP contribution in [-0.2, 0) is 0 Å². The van der Waals surface area contributed by atoms with Gasteiger partial charge in [0.25, 0.3) is 0 Å². The van der Waals surface area contributed by atoms with E-state index in [1.54, 1.807) is 0 Å². The van der Waals surface area contributed by atoms with Gasteiger partial charge in [-0.2, -0.15) is 0 Å². The van der Waals surface area contributed by atoms with Crippen LogP contribution in [0.3, 0.4) is 0 Å². The summed E-state index contributed by atoms with van der Waals surface area (Å²) in [7, 11) is 0. The first-order valence-corrected chi connectivity index (χ1v) is 17.8. The van der Waals surface area contributed by atoms with Crippen LogP contribution in [0, 0.1) is 0 Å². The van der Waals surface area contributed by atoms with Crippen molar-refractivity contribution in [3.63, 3.8) is 0 Å². The molecular weight excluding hydrogens is 631 g/mol. The maximum absolute atomic E-state index is 6.39. The summed E-state index contributed by atoms with van der Waals surface area (Å²) < 4.78 is 6.39. The smallest absolute Gasteiger partial charge is 0.136 e. The first-order valence-electron chi connectivity index (χ1n) is 17.8. The molecule has 0 saturated carbocycles. The van der Waals surface area contributed by atoms with Crippen molar-refractivity contribution in [3.05, 3.63) is 200 Å². The molecule has 0 amide bonds. The van der Waals surface area contributed by atoms with Crippen LogP contribution in [-0.4, -0.2) is 0 Å². The van der Waals surface area contributed by atoms with E-state index in [2.05, 4.69) is 205 Å². The molecular formula is C50H33NO. The third-order valence-corrected chi connectivity index (χ3v) is 10.2. The molecule has 10 aromatic rings. The summed E-state index contributed by atoms with van der Waals surface area (Å²) in [4.78, 5) is 2.39. The normalized spacial score (nSPS) is 11.5. The van der Waals surface area contributed by atoms with E-state index < -0.39 is 0 Å². The minimum atomic E-state index is 0.891. The van der Waals surface area contributed by atoms with E-state index in [1.165, 1.54) is 43.8 Å². The number of hydrogen-bond acceptors (Lipinski definition) is 2. The Morgan fingerprint density at radius 1 is 0.308 bits per heavy atom. The number of rotatable bonds is 6. The molecule has 0 aliphatic rings. The topological polar surface area (TPSA) is 16.4 Å². The summed E-state index contributed by atoms with van der Waals surface area (Å²) in [5.41, 5.74) is 12.1. The Balaban J connectivity index is 1.15. The molecule has 9 aromatic carbocycles. The van der Waals surface area contributed by atoms with Gasteiger partial charge in [-0.25, -0.2) is 0 Å². The second-order valence-corrected chi connectivity index (χ2v) is 13.4. The van der Waals surface area contributed by atoms with E-state index >= 15 is 0 Å². The van der Waals surface area contributed by atoms with Gasteiger partial charge in [0.15, 0.2) is 0 Å². The lowest BCUT2D eigenvalue weighted by molar-refractivity contribution is 0.669. The van der Waals surface area contributed by atoms with Crippen molar-refractivity contribution in [2.45, 2.75) is 0 Å². The number of para-hydroxylation sites is 1. The Hall–Kier alpha value is -6.90. The monoisotopic (exact) mass is 663 g/mol. The first kappa shape index (κ1) is 30.0. The van der Waals surface area contributed by atoms with E-state index in [4.69, 9.17) is 4.42 Å². The van der Waals surface area contributed by atoms with Crippen LogP contribution in [0.1, 0.15) is 0 Å². The molecule has 0 aliphatic heterocycles. The average molecular weight is 664 g/mol. The van der Waals surface area contributed by atoms with Crippen molar-refractivity contribution < 1.29 is 4.42 Å². The number of hydrogen-bond donors (Lipinski definition) is 0. The van der Waals surface area contributed by atoms with Gasteiger partial charge in [0.2, 0.25) is 0 Å². The highest BCUT2D eigenvalue weighted by atomic mass is 16.3. The van der Waals surface area contributed by atoms with Crippen LogP contribution in [0.2, 0.25) is 0 Å². The Labute approximate surface area is 302 Å². The minimum absolute atomic E-state index is 0.891. The summed E-state index contributed by atoms with van der Waals surface area (Å²) in [6, 6.07) is 71.8. The van der Waals surface area contributed by atoms with Crippen LogP contribution < -0.4 is 4.90 Å². The number of benzene rings is 9. The minimum Gasteiger partial charge on any atom is -0.456 e. The predicted octanol–water partition coefficient (Wildman–Crippen LogP) is 14.4. The van der Waals surface area contributed by atoms with Crippen molar-refractivity contribution in [1.82, 2.24) is 0 Å². The van der Waals surface area contributed by atoms with Gasteiger partial charge in [-0.3, -0.25) is 0 Å². The molecule has 0 unspecified atom stereocenters. The molecule has 0 spiro atoms. The third-order valence-electron chi connectivity index (χ3n) is 10.2. The molecule has 10 rings (SSSR count). The van der Waals surface area contributed by atoms with Crippen LogP contribution >= 0.6 is 0 Å².